The Morgan fingerprint density at radius 1 is 1.47 bits per heavy atom. The van der Waals surface area contributed by atoms with Crippen molar-refractivity contribution in [2.45, 2.75) is 32.7 Å². The molecule has 1 aromatic carbocycles. The highest BCUT2D eigenvalue weighted by Gasteiger charge is 2.13. The fourth-order valence-corrected chi connectivity index (χ4v) is 2.42. The number of benzene rings is 1. The molecule has 104 valence electrons. The van der Waals surface area contributed by atoms with Gasteiger partial charge in [-0.05, 0) is 36.5 Å². The third-order valence-electron chi connectivity index (χ3n) is 3.48. The summed E-state index contributed by atoms with van der Waals surface area (Å²) in [4.78, 5) is 6.69. The Kier molecular flexibility index (Phi) is 4.66. The molecule has 1 aliphatic rings. The summed E-state index contributed by atoms with van der Waals surface area (Å²) >= 11 is 0. The van der Waals surface area contributed by atoms with Gasteiger partial charge in [0, 0.05) is 25.8 Å². The Labute approximate surface area is 115 Å². The number of aryl methyl sites for hydroxylation is 1. The molecule has 0 bridgehead atoms. The van der Waals surface area contributed by atoms with Gasteiger partial charge in [0.15, 0.2) is 5.96 Å². The molecule has 4 nitrogen and oxygen atoms in total. The van der Waals surface area contributed by atoms with E-state index in [1.807, 2.05) is 0 Å². The summed E-state index contributed by atoms with van der Waals surface area (Å²) in [6, 6.07) is 6.62. The summed E-state index contributed by atoms with van der Waals surface area (Å²) in [6.07, 6.45) is 3.46. The number of nitrogens with one attached hydrogen (secondary N) is 1. The lowest BCUT2D eigenvalue weighted by Gasteiger charge is -2.27. The first-order chi connectivity index (χ1) is 9.20. The maximum atomic E-state index is 5.80. The number of anilines is 1. The average molecular weight is 260 g/mol. The van der Waals surface area contributed by atoms with Gasteiger partial charge in [-0.3, -0.25) is 0 Å². The van der Waals surface area contributed by atoms with Gasteiger partial charge in [-0.15, -0.1) is 0 Å². The van der Waals surface area contributed by atoms with Gasteiger partial charge in [-0.1, -0.05) is 19.1 Å². The minimum Gasteiger partial charge on any atom is -0.374 e. The smallest absolute Gasteiger partial charge is 0.188 e. The van der Waals surface area contributed by atoms with Crippen LogP contribution in [0.1, 0.15) is 30.9 Å². The molecule has 0 radical (unpaired) electrons. The van der Waals surface area contributed by atoms with Crippen LogP contribution in [0.4, 0.5) is 5.69 Å². The van der Waals surface area contributed by atoms with Crippen molar-refractivity contribution < 1.29 is 0 Å². The average Bonchev–Trinajstić information content (AvgIpc) is 2.43. The molecule has 0 amide bonds. The highest BCUT2D eigenvalue weighted by molar-refractivity contribution is 5.77. The van der Waals surface area contributed by atoms with Crippen LogP contribution in [-0.2, 0) is 13.0 Å². The Morgan fingerprint density at radius 3 is 3.11 bits per heavy atom. The Morgan fingerprint density at radius 2 is 2.32 bits per heavy atom. The van der Waals surface area contributed by atoms with Crippen LogP contribution in [0.15, 0.2) is 23.2 Å². The number of guanidine groups is 1. The molecule has 19 heavy (non-hydrogen) atoms. The second-order valence-electron chi connectivity index (χ2n) is 5.12. The van der Waals surface area contributed by atoms with Crippen molar-refractivity contribution in [3.05, 3.63) is 29.3 Å². The minimum absolute atomic E-state index is 0.539. The predicted molar refractivity (Wildman–Crippen MR) is 81.7 cm³/mol. The highest BCUT2D eigenvalue weighted by Crippen LogP contribution is 2.26. The van der Waals surface area contributed by atoms with Crippen LogP contribution in [-0.4, -0.2) is 26.1 Å². The number of nitrogens with two attached hydrogens (primary N) is 1. The van der Waals surface area contributed by atoms with E-state index in [1.165, 1.54) is 29.7 Å². The molecule has 0 aromatic heterocycles. The Balaban J connectivity index is 2.02. The number of aliphatic imine (C=N–C) groups is 1. The lowest BCUT2D eigenvalue weighted by atomic mass is 10.00. The Hall–Kier alpha value is -1.71. The van der Waals surface area contributed by atoms with E-state index in [1.54, 1.807) is 0 Å². The monoisotopic (exact) mass is 260 g/mol. The zero-order valence-electron chi connectivity index (χ0n) is 11.9. The lowest BCUT2D eigenvalue weighted by molar-refractivity contribution is 0.742. The third-order valence-corrected chi connectivity index (χ3v) is 3.48. The summed E-state index contributed by atoms with van der Waals surface area (Å²) in [5.41, 5.74) is 9.82. The van der Waals surface area contributed by atoms with E-state index in [0.29, 0.717) is 12.5 Å². The molecular weight excluding hydrogens is 236 g/mol. The van der Waals surface area contributed by atoms with Gasteiger partial charge in [0.1, 0.15) is 0 Å². The van der Waals surface area contributed by atoms with Crippen LogP contribution in [0.2, 0.25) is 0 Å². The second kappa shape index (κ2) is 6.45. The quantitative estimate of drug-likeness (QED) is 0.642. The molecule has 2 rings (SSSR count). The van der Waals surface area contributed by atoms with Crippen molar-refractivity contribution in [3.8, 4) is 0 Å². The molecule has 4 heteroatoms. The molecule has 0 aliphatic carbocycles. The zero-order chi connectivity index (χ0) is 13.7. The number of rotatable bonds is 4. The van der Waals surface area contributed by atoms with Gasteiger partial charge in [0.25, 0.3) is 0 Å². The fourth-order valence-electron chi connectivity index (χ4n) is 2.42. The van der Waals surface area contributed by atoms with E-state index in [0.717, 1.165) is 19.5 Å². The summed E-state index contributed by atoms with van der Waals surface area (Å²) < 4.78 is 0. The maximum Gasteiger partial charge on any atom is 0.188 e. The number of hydrogen-bond acceptors (Lipinski definition) is 2. The standard InChI is InChI=1S/C15H24N4/c1-3-8-17-15(16)18-11-12-6-7-14-13(10-12)5-4-9-19(14)2/h6-7,10H,3-5,8-9,11H2,1-2H3,(H3,16,17,18). The molecule has 1 aromatic rings. The van der Waals surface area contributed by atoms with E-state index in [2.05, 4.69) is 47.4 Å². The maximum absolute atomic E-state index is 5.80. The molecule has 0 atom stereocenters. The van der Waals surface area contributed by atoms with Crippen LogP contribution in [0.3, 0.4) is 0 Å². The molecule has 0 spiro atoms. The van der Waals surface area contributed by atoms with Crippen molar-refractivity contribution in [2.24, 2.45) is 10.7 Å². The van der Waals surface area contributed by atoms with E-state index >= 15 is 0 Å². The summed E-state index contributed by atoms with van der Waals surface area (Å²) in [7, 11) is 2.16. The van der Waals surface area contributed by atoms with Gasteiger partial charge in [0.05, 0.1) is 6.54 Å². The van der Waals surface area contributed by atoms with E-state index in [9.17, 15) is 0 Å². The molecule has 1 aliphatic heterocycles. The fraction of sp³-hybridized carbons (Fsp3) is 0.533. The molecule has 1 heterocycles. The van der Waals surface area contributed by atoms with Gasteiger partial charge < -0.3 is 16.0 Å². The molecule has 3 N–H and O–H groups in total. The zero-order valence-corrected chi connectivity index (χ0v) is 11.9. The van der Waals surface area contributed by atoms with Crippen LogP contribution in [0.5, 0.6) is 0 Å². The van der Waals surface area contributed by atoms with E-state index < -0.39 is 0 Å². The normalized spacial score (nSPS) is 15.3. The van der Waals surface area contributed by atoms with Gasteiger partial charge >= 0.3 is 0 Å². The Bertz CT molecular complexity index is 453. The van der Waals surface area contributed by atoms with Crippen LogP contribution in [0.25, 0.3) is 0 Å². The van der Waals surface area contributed by atoms with Gasteiger partial charge in [-0.2, -0.15) is 0 Å². The lowest BCUT2D eigenvalue weighted by Crippen LogP contribution is -2.32. The summed E-state index contributed by atoms with van der Waals surface area (Å²) in [6.45, 7) is 4.79. The van der Waals surface area contributed by atoms with Crippen molar-refractivity contribution in [1.29, 1.82) is 0 Å². The predicted octanol–water partition coefficient (Wildman–Crippen LogP) is 1.88. The van der Waals surface area contributed by atoms with Crippen molar-refractivity contribution in [1.82, 2.24) is 5.32 Å². The second-order valence-corrected chi connectivity index (χ2v) is 5.12. The SMILES string of the molecule is CCCNC(N)=NCc1ccc2c(c1)CCCN2C. The number of hydrogen-bond donors (Lipinski definition) is 2. The summed E-state index contributed by atoms with van der Waals surface area (Å²) in [5.74, 6) is 0.539. The first-order valence-electron chi connectivity index (χ1n) is 7.07. The molecule has 0 unspecified atom stereocenters. The van der Waals surface area contributed by atoms with Gasteiger partial charge in [0.2, 0.25) is 0 Å². The number of nitrogens with zero attached hydrogens (tertiary/aromatic N) is 2. The van der Waals surface area contributed by atoms with Crippen LogP contribution >= 0.6 is 0 Å². The van der Waals surface area contributed by atoms with Crippen LogP contribution in [0, 0.1) is 0 Å². The third kappa shape index (κ3) is 3.63. The molecule has 0 saturated carbocycles. The minimum atomic E-state index is 0.539. The van der Waals surface area contributed by atoms with Crippen LogP contribution < -0.4 is 16.0 Å². The highest BCUT2D eigenvalue weighted by atomic mass is 15.1. The van der Waals surface area contributed by atoms with E-state index in [4.69, 9.17) is 5.73 Å². The molecule has 0 saturated heterocycles. The molecular formula is C15H24N4. The topological polar surface area (TPSA) is 53.6 Å². The van der Waals surface area contributed by atoms with Crippen molar-refractivity contribution in [3.63, 3.8) is 0 Å². The van der Waals surface area contributed by atoms with Crippen molar-refractivity contribution in [2.75, 3.05) is 25.0 Å². The molecule has 0 fully saturated rings. The number of fused-ring (bicyclic) bond motifs is 1. The van der Waals surface area contributed by atoms with E-state index in [-0.39, 0.29) is 0 Å². The first-order valence-corrected chi connectivity index (χ1v) is 7.07. The first kappa shape index (κ1) is 13.7. The largest absolute Gasteiger partial charge is 0.374 e. The van der Waals surface area contributed by atoms with Gasteiger partial charge in [-0.25, -0.2) is 4.99 Å². The summed E-state index contributed by atoms with van der Waals surface area (Å²) in [5, 5.41) is 3.09. The van der Waals surface area contributed by atoms with Crippen molar-refractivity contribution >= 4 is 11.6 Å².